The van der Waals surface area contributed by atoms with Crippen LogP contribution in [0.5, 0.6) is 0 Å². The van der Waals surface area contributed by atoms with Gasteiger partial charge in [-0.25, -0.2) is 4.79 Å². The van der Waals surface area contributed by atoms with Crippen molar-refractivity contribution in [3.05, 3.63) is 49.9 Å². The average Bonchev–Trinajstić information content (AvgIpc) is 2.76. The van der Waals surface area contributed by atoms with Crippen LogP contribution in [-0.4, -0.2) is 18.8 Å². The van der Waals surface area contributed by atoms with Crippen molar-refractivity contribution in [2.24, 2.45) is 4.99 Å². The van der Waals surface area contributed by atoms with Crippen molar-refractivity contribution in [1.82, 2.24) is 0 Å². The highest BCUT2D eigenvalue weighted by atomic mass is 127. The number of hydrogen-bond donors (Lipinski definition) is 0. The molecule has 0 aliphatic carbocycles. The number of esters is 1. The molecule has 0 fully saturated rings. The van der Waals surface area contributed by atoms with Crippen LogP contribution in [0.25, 0.3) is 0 Å². The number of halogens is 2. The molecule has 6 heteroatoms. The van der Waals surface area contributed by atoms with E-state index >= 15 is 0 Å². The third-order valence-corrected chi connectivity index (χ3v) is 4.49. The predicted molar refractivity (Wildman–Crippen MR) is 88.8 cm³/mol. The van der Waals surface area contributed by atoms with E-state index in [1.807, 2.05) is 12.1 Å². The Morgan fingerprint density at radius 1 is 1.50 bits per heavy atom. The molecule has 4 nitrogen and oxygen atoms in total. The van der Waals surface area contributed by atoms with Gasteiger partial charge in [-0.1, -0.05) is 6.07 Å². The van der Waals surface area contributed by atoms with Crippen LogP contribution in [0.3, 0.4) is 0 Å². The Morgan fingerprint density at radius 2 is 2.30 bits per heavy atom. The topological polar surface area (TPSA) is 51.8 Å². The molecular formula is C14H11BrINO3. The first-order valence-corrected chi connectivity index (χ1v) is 7.73. The third-order valence-electron chi connectivity index (χ3n) is 2.36. The number of rotatable bonds is 4. The number of benzene rings is 1. The molecule has 2 rings (SSSR count). The molecule has 0 bridgehead atoms. The fourth-order valence-electron chi connectivity index (χ4n) is 1.49. The summed E-state index contributed by atoms with van der Waals surface area (Å²) < 4.78 is 12.1. The molecule has 2 aromatic rings. The first-order valence-electron chi connectivity index (χ1n) is 5.86. The standard InChI is InChI=1S/C14H11BrINO3/c1-2-19-14(18)9-4-3-5-10(6-9)17-8-11-7-12(15)13(16)20-11/h3-8H,2H2,1H3. The lowest BCUT2D eigenvalue weighted by atomic mass is 10.2. The predicted octanol–water partition coefficient (Wildman–Crippen LogP) is 4.57. The smallest absolute Gasteiger partial charge is 0.338 e. The minimum atomic E-state index is -0.347. The van der Waals surface area contributed by atoms with Gasteiger partial charge >= 0.3 is 5.97 Å². The number of aliphatic imine (C=N–C) groups is 1. The maximum absolute atomic E-state index is 11.6. The second-order valence-corrected chi connectivity index (χ2v) is 5.63. The zero-order valence-electron chi connectivity index (χ0n) is 10.6. The van der Waals surface area contributed by atoms with Gasteiger partial charge in [-0.15, -0.1) is 0 Å². The van der Waals surface area contributed by atoms with Gasteiger partial charge in [-0.2, -0.15) is 0 Å². The molecule has 1 aromatic carbocycles. The lowest BCUT2D eigenvalue weighted by Gasteiger charge is -2.01. The average molecular weight is 448 g/mol. The molecule has 104 valence electrons. The van der Waals surface area contributed by atoms with Gasteiger partial charge in [-0.3, -0.25) is 4.99 Å². The van der Waals surface area contributed by atoms with Crippen molar-refractivity contribution >= 4 is 56.4 Å². The second-order valence-electron chi connectivity index (χ2n) is 3.80. The molecule has 0 spiro atoms. The van der Waals surface area contributed by atoms with Crippen LogP contribution < -0.4 is 0 Å². The number of hydrogen-bond acceptors (Lipinski definition) is 4. The van der Waals surface area contributed by atoms with Crippen LogP contribution in [0, 0.1) is 3.77 Å². The summed E-state index contributed by atoms with van der Waals surface area (Å²) >= 11 is 5.45. The Labute approximate surface area is 138 Å². The van der Waals surface area contributed by atoms with Crippen LogP contribution >= 0.6 is 38.5 Å². The SMILES string of the molecule is CCOC(=O)c1cccc(N=Cc2cc(Br)c(I)o2)c1. The van der Waals surface area contributed by atoms with Crippen molar-refractivity contribution in [1.29, 1.82) is 0 Å². The molecule has 0 N–H and O–H groups in total. The number of carbonyl (C=O) groups excluding carboxylic acids is 1. The fourth-order valence-corrected chi connectivity index (χ4v) is 2.21. The molecule has 0 saturated heterocycles. The molecule has 1 aromatic heterocycles. The molecule has 0 amide bonds. The summed E-state index contributed by atoms with van der Waals surface area (Å²) in [5.41, 5.74) is 1.15. The normalized spacial score (nSPS) is 10.9. The van der Waals surface area contributed by atoms with E-state index in [1.54, 1.807) is 31.3 Å². The summed E-state index contributed by atoms with van der Waals surface area (Å²) in [5, 5.41) is 0. The van der Waals surface area contributed by atoms with E-state index in [1.165, 1.54) is 0 Å². The Bertz CT molecular complexity index is 632. The first-order chi connectivity index (χ1) is 9.60. The van der Waals surface area contributed by atoms with E-state index in [0.717, 1.165) is 8.24 Å². The van der Waals surface area contributed by atoms with E-state index in [0.29, 0.717) is 23.6 Å². The van der Waals surface area contributed by atoms with Crippen LogP contribution in [0.1, 0.15) is 23.0 Å². The molecule has 0 radical (unpaired) electrons. The van der Waals surface area contributed by atoms with Crippen LogP contribution in [-0.2, 0) is 4.74 Å². The van der Waals surface area contributed by atoms with Crippen molar-refractivity contribution < 1.29 is 13.9 Å². The van der Waals surface area contributed by atoms with E-state index in [4.69, 9.17) is 9.15 Å². The minimum absolute atomic E-state index is 0.347. The zero-order valence-corrected chi connectivity index (χ0v) is 14.3. The molecule has 0 unspecified atom stereocenters. The summed E-state index contributed by atoms with van der Waals surface area (Å²) in [6.45, 7) is 2.13. The highest BCUT2D eigenvalue weighted by Crippen LogP contribution is 2.23. The van der Waals surface area contributed by atoms with Crippen molar-refractivity contribution in [2.45, 2.75) is 6.92 Å². The molecule has 0 aliphatic rings. The lowest BCUT2D eigenvalue weighted by molar-refractivity contribution is 0.0526. The Kier molecular flexibility index (Phi) is 5.36. The maximum Gasteiger partial charge on any atom is 0.338 e. The number of ether oxygens (including phenoxy) is 1. The number of carbonyl (C=O) groups is 1. The zero-order chi connectivity index (χ0) is 14.5. The summed E-state index contributed by atoms with van der Waals surface area (Å²) in [4.78, 5) is 15.9. The highest BCUT2D eigenvalue weighted by Gasteiger charge is 2.06. The van der Waals surface area contributed by atoms with Crippen molar-refractivity contribution in [3.63, 3.8) is 0 Å². The van der Waals surface area contributed by atoms with Gasteiger partial charge < -0.3 is 9.15 Å². The largest absolute Gasteiger partial charge is 0.462 e. The van der Waals surface area contributed by atoms with E-state index < -0.39 is 0 Å². The maximum atomic E-state index is 11.6. The van der Waals surface area contributed by atoms with Gasteiger partial charge in [0.1, 0.15) is 5.76 Å². The van der Waals surface area contributed by atoms with Crippen LogP contribution in [0.4, 0.5) is 5.69 Å². The van der Waals surface area contributed by atoms with Gasteiger partial charge in [-0.05, 0) is 41.1 Å². The third kappa shape index (κ3) is 3.92. The fraction of sp³-hybridized carbons (Fsp3) is 0.143. The Hall–Kier alpha value is -1.15. The molecule has 0 aliphatic heterocycles. The van der Waals surface area contributed by atoms with Crippen LogP contribution in [0.2, 0.25) is 0 Å². The number of furan rings is 1. The van der Waals surface area contributed by atoms with Crippen molar-refractivity contribution in [2.75, 3.05) is 6.61 Å². The summed E-state index contributed by atoms with van der Waals surface area (Å²) in [6.07, 6.45) is 1.61. The molecular weight excluding hydrogens is 437 g/mol. The molecule has 0 atom stereocenters. The lowest BCUT2D eigenvalue weighted by Crippen LogP contribution is -2.03. The number of nitrogens with zero attached hydrogens (tertiary/aromatic N) is 1. The van der Waals surface area contributed by atoms with E-state index in [9.17, 15) is 4.79 Å². The van der Waals surface area contributed by atoms with Crippen molar-refractivity contribution in [3.8, 4) is 0 Å². The molecule has 0 saturated carbocycles. The first kappa shape index (κ1) is 15.2. The van der Waals surface area contributed by atoms with Gasteiger partial charge in [0.2, 0.25) is 0 Å². The minimum Gasteiger partial charge on any atom is -0.462 e. The molecule has 20 heavy (non-hydrogen) atoms. The quantitative estimate of drug-likeness (QED) is 0.391. The van der Waals surface area contributed by atoms with Gasteiger partial charge in [0, 0.05) is 28.7 Å². The Morgan fingerprint density at radius 3 is 2.95 bits per heavy atom. The summed E-state index contributed by atoms with van der Waals surface area (Å²) in [6, 6.07) is 8.78. The van der Waals surface area contributed by atoms with Gasteiger partial charge in [0.15, 0.2) is 3.77 Å². The monoisotopic (exact) mass is 447 g/mol. The second kappa shape index (κ2) is 7.03. The van der Waals surface area contributed by atoms with E-state index in [-0.39, 0.29) is 5.97 Å². The van der Waals surface area contributed by atoms with Gasteiger partial charge in [0.05, 0.1) is 28.5 Å². The van der Waals surface area contributed by atoms with Gasteiger partial charge in [0.25, 0.3) is 0 Å². The van der Waals surface area contributed by atoms with Crippen LogP contribution in [0.15, 0.2) is 44.2 Å². The summed E-state index contributed by atoms with van der Waals surface area (Å²) in [5.74, 6) is 0.294. The van der Waals surface area contributed by atoms with E-state index in [2.05, 4.69) is 43.5 Å². The highest BCUT2D eigenvalue weighted by molar-refractivity contribution is 14.1. The molecule has 1 heterocycles. The Balaban J connectivity index is 2.17. The summed E-state index contributed by atoms with van der Waals surface area (Å²) in [7, 11) is 0.